The van der Waals surface area contributed by atoms with Crippen molar-refractivity contribution in [1.82, 2.24) is 15.5 Å². The number of rotatable bonds is 9. The van der Waals surface area contributed by atoms with Crippen molar-refractivity contribution in [2.24, 2.45) is 0 Å². The molecule has 1 aliphatic heterocycles. The summed E-state index contributed by atoms with van der Waals surface area (Å²) < 4.78 is 10.0. The highest BCUT2D eigenvalue weighted by molar-refractivity contribution is 6.35. The predicted octanol–water partition coefficient (Wildman–Crippen LogP) is 0.0861. The van der Waals surface area contributed by atoms with Crippen LogP contribution in [0.1, 0.15) is 6.42 Å². The molecule has 27 heavy (non-hydrogen) atoms. The maximum atomic E-state index is 11.6. The van der Waals surface area contributed by atoms with E-state index in [-0.39, 0.29) is 0 Å². The lowest BCUT2D eigenvalue weighted by atomic mass is 10.2. The molecular weight excluding hydrogens is 348 g/mol. The molecule has 1 fully saturated rings. The van der Waals surface area contributed by atoms with E-state index in [4.69, 9.17) is 9.47 Å². The van der Waals surface area contributed by atoms with Crippen molar-refractivity contribution in [1.29, 1.82) is 0 Å². The van der Waals surface area contributed by atoms with Crippen LogP contribution in [0.2, 0.25) is 0 Å². The minimum atomic E-state index is -0.611. The van der Waals surface area contributed by atoms with E-state index in [9.17, 15) is 9.59 Å². The molecule has 1 heterocycles. The van der Waals surface area contributed by atoms with E-state index in [1.165, 1.54) is 5.69 Å². The average molecular weight is 378 g/mol. The second kappa shape index (κ2) is 11.4. The Hall–Kier alpha value is -2.32. The molecule has 0 aromatic heterocycles. The molecule has 8 nitrogen and oxygen atoms in total. The minimum Gasteiger partial charge on any atom is -0.497 e. The summed E-state index contributed by atoms with van der Waals surface area (Å²) >= 11 is 0. The van der Waals surface area contributed by atoms with Crippen LogP contribution in [0.25, 0.3) is 0 Å². The van der Waals surface area contributed by atoms with E-state index >= 15 is 0 Å². The molecule has 2 rings (SSSR count). The van der Waals surface area contributed by atoms with Gasteiger partial charge in [-0.05, 0) is 37.2 Å². The van der Waals surface area contributed by atoms with Gasteiger partial charge in [0.25, 0.3) is 0 Å². The van der Waals surface area contributed by atoms with E-state index in [1.54, 1.807) is 14.2 Å². The third-order valence-electron chi connectivity index (χ3n) is 4.54. The molecule has 2 amide bonds. The third kappa shape index (κ3) is 7.07. The fourth-order valence-corrected chi connectivity index (χ4v) is 2.95. The highest BCUT2D eigenvalue weighted by atomic mass is 16.5. The van der Waals surface area contributed by atoms with Gasteiger partial charge in [-0.1, -0.05) is 0 Å². The first kappa shape index (κ1) is 21.0. The Bertz CT molecular complexity index is 586. The third-order valence-corrected chi connectivity index (χ3v) is 4.54. The zero-order valence-corrected chi connectivity index (χ0v) is 16.2. The van der Waals surface area contributed by atoms with Gasteiger partial charge >= 0.3 is 11.8 Å². The number of nitrogens with zero attached hydrogens (tertiary/aromatic N) is 2. The second-order valence-electron chi connectivity index (χ2n) is 6.38. The van der Waals surface area contributed by atoms with Crippen LogP contribution in [0.3, 0.4) is 0 Å². The maximum Gasteiger partial charge on any atom is 0.309 e. The van der Waals surface area contributed by atoms with E-state index < -0.39 is 11.8 Å². The minimum absolute atomic E-state index is 0.335. The zero-order chi connectivity index (χ0) is 19.5. The zero-order valence-electron chi connectivity index (χ0n) is 16.2. The van der Waals surface area contributed by atoms with Gasteiger partial charge in [0.2, 0.25) is 0 Å². The molecule has 0 aliphatic carbocycles. The van der Waals surface area contributed by atoms with E-state index in [2.05, 4.69) is 32.6 Å². The van der Waals surface area contributed by atoms with Crippen molar-refractivity contribution < 1.29 is 19.1 Å². The van der Waals surface area contributed by atoms with Gasteiger partial charge in [0.15, 0.2) is 0 Å². The Labute approximate surface area is 160 Å². The first-order valence-corrected chi connectivity index (χ1v) is 9.30. The number of anilines is 1. The molecule has 1 aromatic rings. The Balaban J connectivity index is 1.59. The lowest BCUT2D eigenvalue weighted by molar-refractivity contribution is -0.139. The molecule has 0 unspecified atom stereocenters. The van der Waals surface area contributed by atoms with Gasteiger partial charge < -0.3 is 25.0 Å². The van der Waals surface area contributed by atoms with Crippen LogP contribution in [0.5, 0.6) is 5.75 Å². The van der Waals surface area contributed by atoms with Gasteiger partial charge in [-0.2, -0.15) is 0 Å². The van der Waals surface area contributed by atoms with Crippen LogP contribution >= 0.6 is 0 Å². The van der Waals surface area contributed by atoms with Gasteiger partial charge in [-0.3, -0.25) is 14.5 Å². The molecule has 1 saturated heterocycles. The SMILES string of the molecule is COCCNC(=O)C(=O)NCCCN1CCN(c2ccc(OC)cc2)CC1. The van der Waals surface area contributed by atoms with E-state index in [0.29, 0.717) is 19.7 Å². The van der Waals surface area contributed by atoms with Crippen molar-refractivity contribution in [2.45, 2.75) is 6.42 Å². The molecule has 0 atom stereocenters. The lowest BCUT2D eigenvalue weighted by Crippen LogP contribution is -2.47. The van der Waals surface area contributed by atoms with Crippen LogP contribution in [-0.2, 0) is 14.3 Å². The van der Waals surface area contributed by atoms with Gasteiger partial charge in [0, 0.05) is 52.1 Å². The quantitative estimate of drug-likeness (QED) is 0.468. The van der Waals surface area contributed by atoms with Gasteiger partial charge in [0.1, 0.15) is 5.75 Å². The number of piperazine rings is 1. The Morgan fingerprint density at radius 1 is 0.963 bits per heavy atom. The summed E-state index contributed by atoms with van der Waals surface area (Å²) in [5.74, 6) is -0.331. The van der Waals surface area contributed by atoms with Crippen molar-refractivity contribution in [2.75, 3.05) is 71.5 Å². The summed E-state index contributed by atoms with van der Waals surface area (Å²) in [5, 5.41) is 5.16. The van der Waals surface area contributed by atoms with Gasteiger partial charge in [-0.25, -0.2) is 0 Å². The molecular formula is C19H30N4O4. The number of carbonyl (C=O) groups excluding carboxylic acids is 2. The summed E-state index contributed by atoms with van der Waals surface area (Å²) in [5.41, 5.74) is 1.21. The number of nitrogens with one attached hydrogen (secondary N) is 2. The second-order valence-corrected chi connectivity index (χ2v) is 6.38. The Morgan fingerprint density at radius 2 is 1.59 bits per heavy atom. The van der Waals surface area contributed by atoms with Gasteiger partial charge in [0.05, 0.1) is 13.7 Å². The molecule has 0 radical (unpaired) electrons. The van der Waals surface area contributed by atoms with Crippen LogP contribution in [-0.4, -0.2) is 83.4 Å². The summed E-state index contributed by atoms with van der Waals surface area (Å²) in [6.45, 7) is 6.04. The molecule has 2 N–H and O–H groups in total. The molecule has 0 bridgehead atoms. The number of amides is 2. The fourth-order valence-electron chi connectivity index (χ4n) is 2.95. The normalized spacial score (nSPS) is 14.7. The average Bonchev–Trinajstić information content (AvgIpc) is 2.71. The van der Waals surface area contributed by atoms with Crippen molar-refractivity contribution in [3.8, 4) is 5.75 Å². The molecule has 1 aliphatic rings. The molecule has 1 aromatic carbocycles. The van der Waals surface area contributed by atoms with E-state index in [1.807, 2.05) is 12.1 Å². The molecule has 8 heteroatoms. The number of hydrogen-bond donors (Lipinski definition) is 2. The monoisotopic (exact) mass is 378 g/mol. The summed E-state index contributed by atoms with van der Waals surface area (Å²) in [7, 11) is 3.22. The van der Waals surface area contributed by atoms with Gasteiger partial charge in [-0.15, -0.1) is 0 Å². The van der Waals surface area contributed by atoms with Crippen LogP contribution < -0.4 is 20.3 Å². The lowest BCUT2D eigenvalue weighted by Gasteiger charge is -2.36. The van der Waals surface area contributed by atoms with Crippen molar-refractivity contribution >= 4 is 17.5 Å². The number of methoxy groups -OCH3 is 2. The highest BCUT2D eigenvalue weighted by Gasteiger charge is 2.17. The largest absolute Gasteiger partial charge is 0.497 e. The fraction of sp³-hybridized carbons (Fsp3) is 0.579. The number of benzene rings is 1. The first-order valence-electron chi connectivity index (χ1n) is 9.30. The van der Waals surface area contributed by atoms with Crippen molar-refractivity contribution in [3.05, 3.63) is 24.3 Å². The topological polar surface area (TPSA) is 83.1 Å². The molecule has 0 saturated carbocycles. The van der Waals surface area contributed by atoms with Crippen LogP contribution in [0.15, 0.2) is 24.3 Å². The Morgan fingerprint density at radius 3 is 2.19 bits per heavy atom. The van der Waals surface area contributed by atoms with Crippen LogP contribution in [0.4, 0.5) is 5.69 Å². The molecule has 150 valence electrons. The van der Waals surface area contributed by atoms with Crippen LogP contribution in [0, 0.1) is 0 Å². The Kier molecular flexibility index (Phi) is 8.86. The molecule has 0 spiro atoms. The number of carbonyl (C=O) groups is 2. The summed E-state index contributed by atoms with van der Waals surface area (Å²) in [4.78, 5) is 27.9. The van der Waals surface area contributed by atoms with Crippen molar-refractivity contribution in [3.63, 3.8) is 0 Å². The summed E-state index contributed by atoms with van der Waals surface area (Å²) in [6, 6.07) is 8.13. The standard InChI is InChI=1S/C19H30N4O4/c1-26-15-9-21-19(25)18(24)20-8-3-10-22-11-13-23(14-12-22)16-4-6-17(27-2)7-5-16/h4-7H,3,8-15H2,1-2H3,(H,20,24)(H,21,25). The van der Waals surface area contributed by atoms with E-state index in [0.717, 1.165) is 44.9 Å². The predicted molar refractivity (Wildman–Crippen MR) is 104 cm³/mol. The number of ether oxygens (including phenoxy) is 2. The summed E-state index contributed by atoms with van der Waals surface area (Å²) in [6.07, 6.45) is 0.819. The maximum absolute atomic E-state index is 11.6. The smallest absolute Gasteiger partial charge is 0.309 e. The highest BCUT2D eigenvalue weighted by Crippen LogP contribution is 2.20. The number of hydrogen-bond acceptors (Lipinski definition) is 6. The first-order chi connectivity index (χ1) is 13.1.